The first-order valence-corrected chi connectivity index (χ1v) is 9.12. The van der Waals surface area contributed by atoms with Crippen LogP contribution in [0.15, 0.2) is 0 Å². The van der Waals surface area contributed by atoms with E-state index in [1.165, 1.54) is 0 Å². The molecule has 1 fully saturated rings. The molecule has 1 saturated heterocycles. The third-order valence-electron chi connectivity index (χ3n) is 2.92. The average Bonchev–Trinajstić information content (AvgIpc) is 2.25. The Kier molecular flexibility index (Phi) is 4.93. The average molecular weight is 314 g/mol. The number of hydrogen-bond acceptors (Lipinski definition) is 5. The Bertz CT molecular complexity index is 541. The maximum absolute atomic E-state index is 12.0. The van der Waals surface area contributed by atoms with E-state index in [-0.39, 0.29) is 13.1 Å². The topological polar surface area (TPSA) is 121 Å². The second kappa shape index (κ2) is 5.73. The summed E-state index contributed by atoms with van der Waals surface area (Å²) in [5.74, 6) is -1.42. The number of carbonyl (C=O) groups is 1. The molecule has 0 bridgehead atoms. The van der Waals surface area contributed by atoms with Crippen LogP contribution in [-0.4, -0.2) is 62.9 Å². The number of nitrogens with one attached hydrogen (secondary N) is 1. The molecule has 2 atom stereocenters. The first-order valence-electron chi connectivity index (χ1n) is 5.73. The zero-order valence-electron chi connectivity index (χ0n) is 10.7. The van der Waals surface area contributed by atoms with Crippen LogP contribution in [0.5, 0.6) is 0 Å². The lowest BCUT2D eigenvalue weighted by Gasteiger charge is -2.32. The SMILES string of the molecule is CC(C(=O)O)S(=O)(=O)N1CCCC(NS(C)(=O)=O)C1. The van der Waals surface area contributed by atoms with Crippen LogP contribution < -0.4 is 4.72 Å². The molecule has 19 heavy (non-hydrogen) atoms. The number of aliphatic carboxylic acids is 1. The third-order valence-corrected chi connectivity index (χ3v) is 5.83. The Morgan fingerprint density at radius 3 is 2.42 bits per heavy atom. The molecule has 1 aliphatic rings. The highest BCUT2D eigenvalue weighted by Gasteiger charge is 2.37. The van der Waals surface area contributed by atoms with Gasteiger partial charge in [0.25, 0.3) is 0 Å². The monoisotopic (exact) mass is 314 g/mol. The summed E-state index contributed by atoms with van der Waals surface area (Å²) in [5.41, 5.74) is 0. The van der Waals surface area contributed by atoms with Crippen molar-refractivity contribution in [3.05, 3.63) is 0 Å². The predicted octanol–water partition coefficient (Wildman–Crippen LogP) is -1.20. The molecule has 8 nitrogen and oxygen atoms in total. The molecule has 2 unspecified atom stereocenters. The minimum Gasteiger partial charge on any atom is -0.480 e. The van der Waals surface area contributed by atoms with Crippen molar-refractivity contribution in [2.45, 2.75) is 31.1 Å². The maximum Gasteiger partial charge on any atom is 0.323 e. The molecule has 0 aromatic carbocycles. The smallest absolute Gasteiger partial charge is 0.323 e. The summed E-state index contributed by atoms with van der Waals surface area (Å²) in [6.07, 6.45) is 2.01. The van der Waals surface area contributed by atoms with Crippen LogP contribution in [-0.2, 0) is 24.8 Å². The summed E-state index contributed by atoms with van der Waals surface area (Å²) < 4.78 is 49.6. The van der Waals surface area contributed by atoms with E-state index in [2.05, 4.69) is 4.72 Å². The predicted molar refractivity (Wildman–Crippen MR) is 68.6 cm³/mol. The maximum atomic E-state index is 12.0. The Morgan fingerprint density at radius 2 is 1.95 bits per heavy atom. The fourth-order valence-electron chi connectivity index (χ4n) is 1.92. The van der Waals surface area contributed by atoms with Crippen LogP contribution in [0.2, 0.25) is 0 Å². The number of piperidine rings is 1. The highest BCUT2D eigenvalue weighted by molar-refractivity contribution is 7.90. The molecule has 2 N–H and O–H groups in total. The molecule has 1 aliphatic heterocycles. The molecule has 1 rings (SSSR count). The van der Waals surface area contributed by atoms with E-state index < -0.39 is 37.3 Å². The van der Waals surface area contributed by atoms with E-state index in [0.717, 1.165) is 17.5 Å². The number of rotatable bonds is 5. The van der Waals surface area contributed by atoms with Crippen molar-refractivity contribution in [2.75, 3.05) is 19.3 Å². The molecule has 0 saturated carbocycles. The highest BCUT2D eigenvalue weighted by atomic mass is 32.2. The molecule has 112 valence electrons. The quantitative estimate of drug-likeness (QED) is 0.658. The largest absolute Gasteiger partial charge is 0.480 e. The van der Waals surface area contributed by atoms with Crippen LogP contribution in [0.3, 0.4) is 0 Å². The van der Waals surface area contributed by atoms with Crippen molar-refractivity contribution in [2.24, 2.45) is 0 Å². The van der Waals surface area contributed by atoms with Crippen LogP contribution in [0, 0.1) is 0 Å². The van der Waals surface area contributed by atoms with Crippen LogP contribution in [0.1, 0.15) is 19.8 Å². The molecular formula is C9H18N2O6S2. The first-order chi connectivity index (χ1) is 8.54. The summed E-state index contributed by atoms with van der Waals surface area (Å²) in [6, 6.07) is -0.514. The first kappa shape index (κ1) is 16.3. The van der Waals surface area contributed by atoms with Gasteiger partial charge < -0.3 is 5.11 Å². The lowest BCUT2D eigenvalue weighted by Crippen LogP contribution is -2.52. The fraction of sp³-hybridized carbons (Fsp3) is 0.889. The van der Waals surface area contributed by atoms with Crippen molar-refractivity contribution in [1.29, 1.82) is 0 Å². The van der Waals surface area contributed by atoms with Crippen LogP contribution >= 0.6 is 0 Å². The van der Waals surface area contributed by atoms with Gasteiger partial charge in [-0.1, -0.05) is 0 Å². The van der Waals surface area contributed by atoms with E-state index in [4.69, 9.17) is 5.11 Å². The summed E-state index contributed by atoms with van der Waals surface area (Å²) >= 11 is 0. The molecule has 1 heterocycles. The Hall–Kier alpha value is -0.710. The van der Waals surface area contributed by atoms with Gasteiger partial charge in [0.15, 0.2) is 5.25 Å². The lowest BCUT2D eigenvalue weighted by molar-refractivity contribution is -0.136. The second-order valence-electron chi connectivity index (χ2n) is 4.61. The molecule has 0 amide bonds. The van der Waals surface area contributed by atoms with Gasteiger partial charge >= 0.3 is 5.97 Å². The number of carboxylic acid groups (broad SMARTS) is 1. The molecule has 0 spiro atoms. The van der Waals surface area contributed by atoms with Crippen molar-refractivity contribution < 1.29 is 26.7 Å². The second-order valence-corrected chi connectivity index (χ2v) is 8.65. The van der Waals surface area contributed by atoms with Crippen molar-refractivity contribution in [1.82, 2.24) is 9.03 Å². The van der Waals surface area contributed by atoms with E-state index >= 15 is 0 Å². The van der Waals surface area contributed by atoms with Crippen molar-refractivity contribution in [3.8, 4) is 0 Å². The lowest BCUT2D eigenvalue weighted by atomic mass is 10.1. The van der Waals surface area contributed by atoms with E-state index in [1.54, 1.807) is 0 Å². The molecule has 0 radical (unpaired) electrons. The standard InChI is InChI=1S/C9H18N2O6S2/c1-7(9(12)13)19(16,17)11-5-3-4-8(6-11)10-18(2,14)15/h7-8,10H,3-6H2,1-2H3,(H,12,13). The fourth-order valence-corrected chi connectivity index (χ4v) is 4.19. The Labute approximate surface area is 112 Å². The summed E-state index contributed by atoms with van der Waals surface area (Å²) in [6.45, 7) is 1.28. The van der Waals surface area contributed by atoms with E-state index in [0.29, 0.717) is 12.8 Å². The van der Waals surface area contributed by atoms with Crippen molar-refractivity contribution in [3.63, 3.8) is 0 Å². The van der Waals surface area contributed by atoms with Crippen molar-refractivity contribution >= 4 is 26.0 Å². The number of hydrogen-bond donors (Lipinski definition) is 2. The summed E-state index contributed by atoms with van der Waals surface area (Å²) in [7, 11) is -7.37. The van der Waals surface area contributed by atoms with E-state index in [1.807, 2.05) is 0 Å². The van der Waals surface area contributed by atoms with Gasteiger partial charge in [-0.3, -0.25) is 4.79 Å². The molecular weight excluding hydrogens is 296 g/mol. The van der Waals surface area contributed by atoms with Gasteiger partial charge in [0, 0.05) is 19.1 Å². The molecule has 10 heteroatoms. The number of sulfonamides is 2. The zero-order valence-corrected chi connectivity index (χ0v) is 12.4. The Balaban J connectivity index is 2.83. The van der Waals surface area contributed by atoms with Gasteiger partial charge in [-0.15, -0.1) is 0 Å². The number of carboxylic acids is 1. The van der Waals surface area contributed by atoms with Gasteiger partial charge in [-0.25, -0.2) is 21.6 Å². The zero-order chi connectivity index (χ0) is 14.8. The van der Waals surface area contributed by atoms with Crippen LogP contribution in [0.4, 0.5) is 0 Å². The van der Waals surface area contributed by atoms with Gasteiger partial charge in [0.1, 0.15) is 0 Å². The highest BCUT2D eigenvalue weighted by Crippen LogP contribution is 2.18. The molecule has 0 aromatic heterocycles. The van der Waals surface area contributed by atoms with E-state index in [9.17, 15) is 21.6 Å². The van der Waals surface area contributed by atoms with Gasteiger partial charge in [-0.05, 0) is 19.8 Å². The van der Waals surface area contributed by atoms with Gasteiger partial charge in [0.2, 0.25) is 20.0 Å². The minimum atomic E-state index is -3.95. The molecule has 0 aromatic rings. The summed E-state index contributed by atoms with van der Waals surface area (Å²) in [5, 5.41) is 7.25. The molecule has 0 aliphatic carbocycles. The van der Waals surface area contributed by atoms with Crippen LogP contribution in [0.25, 0.3) is 0 Å². The van der Waals surface area contributed by atoms with Gasteiger partial charge in [0.05, 0.1) is 6.26 Å². The summed E-state index contributed by atoms with van der Waals surface area (Å²) in [4.78, 5) is 10.8. The normalized spacial score (nSPS) is 24.0. The Morgan fingerprint density at radius 1 is 1.37 bits per heavy atom. The third kappa shape index (κ3) is 4.41. The number of nitrogens with zero attached hydrogens (tertiary/aromatic N) is 1. The van der Waals surface area contributed by atoms with Gasteiger partial charge in [-0.2, -0.15) is 4.31 Å². The minimum absolute atomic E-state index is 0.0347.